The molecule has 4 heteroatoms. The second kappa shape index (κ2) is 1.81. The Labute approximate surface area is 45.7 Å². The first kappa shape index (κ1) is 5.08. The average molecular weight is 116 g/mol. The minimum absolute atomic E-state index is 0.00347. The normalized spacial score (nSPS) is 18.6. The van der Waals surface area contributed by atoms with Crippen molar-refractivity contribution in [2.75, 3.05) is 6.54 Å². The number of hydrogen-bond donors (Lipinski definition) is 1. The third-order valence-electron chi connectivity index (χ3n) is 0.801. The lowest BCUT2D eigenvalue weighted by Crippen LogP contribution is -2.34. The summed E-state index contributed by atoms with van der Waals surface area (Å²) in [5, 5.41) is 2.26. The molecule has 0 aromatic carbocycles. The van der Waals surface area contributed by atoms with Gasteiger partial charge in [-0.3, -0.25) is 0 Å². The number of hydrogen-bond acceptors (Lipinski definition) is 1. The van der Waals surface area contributed by atoms with Gasteiger partial charge < -0.3 is 5.32 Å². The standard InChI is InChI=1S/C4H5FN2O/c5-7-3-1-2-6-4(7)8/h1,3H,2H2,(H,6,8). The van der Waals surface area contributed by atoms with Gasteiger partial charge >= 0.3 is 6.03 Å². The maximum Gasteiger partial charge on any atom is 0.349 e. The summed E-state index contributed by atoms with van der Waals surface area (Å²) >= 11 is 0. The lowest BCUT2D eigenvalue weighted by atomic mass is 10.5. The molecular formula is C4H5FN2O. The van der Waals surface area contributed by atoms with Crippen molar-refractivity contribution in [3.05, 3.63) is 12.3 Å². The molecule has 1 heterocycles. The van der Waals surface area contributed by atoms with Crippen molar-refractivity contribution in [3.8, 4) is 0 Å². The zero-order valence-electron chi connectivity index (χ0n) is 4.10. The second-order valence-corrected chi connectivity index (χ2v) is 1.38. The molecule has 0 spiro atoms. The number of carbonyl (C=O) groups excluding carboxylic acids is 1. The van der Waals surface area contributed by atoms with Gasteiger partial charge in [0, 0.05) is 12.7 Å². The Morgan fingerprint density at radius 1 is 1.88 bits per heavy atom. The van der Waals surface area contributed by atoms with Crippen LogP contribution in [0.25, 0.3) is 0 Å². The molecule has 8 heavy (non-hydrogen) atoms. The van der Waals surface area contributed by atoms with Crippen LogP contribution in [0.3, 0.4) is 0 Å². The highest BCUT2D eigenvalue weighted by Crippen LogP contribution is 1.94. The molecular weight excluding hydrogens is 111 g/mol. The summed E-state index contributed by atoms with van der Waals surface area (Å²) in [6.45, 7) is 0.416. The van der Waals surface area contributed by atoms with Crippen LogP contribution in [0.1, 0.15) is 0 Å². The minimum atomic E-state index is -0.701. The summed E-state index contributed by atoms with van der Waals surface area (Å²) < 4.78 is 11.9. The maximum absolute atomic E-state index is 11.9. The number of halogens is 1. The molecule has 1 aliphatic heterocycles. The van der Waals surface area contributed by atoms with E-state index in [9.17, 15) is 9.28 Å². The Morgan fingerprint density at radius 2 is 2.62 bits per heavy atom. The van der Waals surface area contributed by atoms with Gasteiger partial charge in [0.2, 0.25) is 0 Å². The molecule has 1 N–H and O–H groups in total. The highest BCUT2D eigenvalue weighted by molar-refractivity contribution is 5.74. The van der Waals surface area contributed by atoms with E-state index in [1.165, 1.54) is 6.08 Å². The molecule has 0 unspecified atom stereocenters. The number of nitrogens with zero attached hydrogens (tertiary/aromatic N) is 1. The Bertz CT molecular complexity index is 134. The molecule has 0 aromatic heterocycles. The summed E-state index contributed by atoms with van der Waals surface area (Å²) in [5.74, 6) is 0. The van der Waals surface area contributed by atoms with E-state index in [0.717, 1.165) is 6.20 Å². The largest absolute Gasteiger partial charge is 0.349 e. The summed E-state index contributed by atoms with van der Waals surface area (Å²) in [6.07, 6.45) is 2.60. The quantitative estimate of drug-likeness (QED) is 0.457. The van der Waals surface area contributed by atoms with Crippen molar-refractivity contribution in [1.82, 2.24) is 10.4 Å². The van der Waals surface area contributed by atoms with Gasteiger partial charge in [0.05, 0.1) is 0 Å². The lowest BCUT2D eigenvalue weighted by molar-refractivity contribution is 0.111. The summed E-state index contributed by atoms with van der Waals surface area (Å²) in [4.78, 5) is 10.2. The van der Waals surface area contributed by atoms with Crippen molar-refractivity contribution in [2.24, 2.45) is 0 Å². The fraction of sp³-hybridized carbons (Fsp3) is 0.250. The molecule has 1 aliphatic rings. The predicted octanol–water partition coefficient (Wildman–Crippen LogP) is 0.410. The van der Waals surface area contributed by atoms with Gasteiger partial charge in [-0.05, 0) is 6.08 Å². The summed E-state index contributed by atoms with van der Waals surface area (Å²) in [5.41, 5.74) is 0. The van der Waals surface area contributed by atoms with Gasteiger partial charge in [-0.15, -0.1) is 5.12 Å². The average Bonchev–Trinajstić information content (AvgIpc) is 1.77. The summed E-state index contributed by atoms with van der Waals surface area (Å²) in [6, 6.07) is -0.701. The molecule has 44 valence electrons. The fourth-order valence-electron chi connectivity index (χ4n) is 0.435. The molecule has 0 radical (unpaired) electrons. The first-order valence-electron chi connectivity index (χ1n) is 2.20. The highest BCUT2D eigenvalue weighted by atomic mass is 19.2. The molecule has 1 rings (SSSR count). The van der Waals surface area contributed by atoms with Crippen LogP contribution in [0.5, 0.6) is 0 Å². The Hall–Kier alpha value is -1.06. The zero-order valence-corrected chi connectivity index (χ0v) is 4.10. The maximum atomic E-state index is 11.9. The van der Waals surface area contributed by atoms with E-state index in [2.05, 4.69) is 5.32 Å². The van der Waals surface area contributed by atoms with E-state index in [1.807, 2.05) is 0 Å². The first-order valence-corrected chi connectivity index (χ1v) is 2.20. The van der Waals surface area contributed by atoms with Crippen LogP contribution in [-0.4, -0.2) is 17.7 Å². The van der Waals surface area contributed by atoms with Gasteiger partial charge in [0.1, 0.15) is 0 Å². The number of rotatable bonds is 0. The van der Waals surface area contributed by atoms with Crippen molar-refractivity contribution in [2.45, 2.75) is 0 Å². The topological polar surface area (TPSA) is 32.3 Å². The predicted molar refractivity (Wildman–Crippen MR) is 25.5 cm³/mol. The van der Waals surface area contributed by atoms with Crippen molar-refractivity contribution in [1.29, 1.82) is 0 Å². The van der Waals surface area contributed by atoms with Crippen LogP contribution in [0.15, 0.2) is 12.3 Å². The number of nitrogens with one attached hydrogen (secondary N) is 1. The molecule has 0 saturated heterocycles. The SMILES string of the molecule is O=C1NCC=CN1F. The first-order chi connectivity index (χ1) is 3.80. The zero-order chi connectivity index (χ0) is 5.98. The Morgan fingerprint density at radius 3 is 3.00 bits per heavy atom. The van der Waals surface area contributed by atoms with Gasteiger partial charge in [0.25, 0.3) is 0 Å². The van der Waals surface area contributed by atoms with Crippen LogP contribution in [-0.2, 0) is 0 Å². The number of carbonyl (C=O) groups is 1. The van der Waals surface area contributed by atoms with Crippen molar-refractivity contribution in [3.63, 3.8) is 0 Å². The van der Waals surface area contributed by atoms with Gasteiger partial charge in [-0.25, -0.2) is 4.79 Å². The van der Waals surface area contributed by atoms with Crippen LogP contribution >= 0.6 is 0 Å². The number of amides is 2. The fourth-order valence-corrected chi connectivity index (χ4v) is 0.435. The van der Waals surface area contributed by atoms with E-state index in [-0.39, 0.29) is 5.12 Å². The molecule has 2 amide bonds. The van der Waals surface area contributed by atoms with Gasteiger partial charge in [-0.2, -0.15) is 0 Å². The lowest BCUT2D eigenvalue weighted by Gasteiger charge is -2.10. The van der Waals surface area contributed by atoms with E-state index in [4.69, 9.17) is 0 Å². The number of urea groups is 1. The van der Waals surface area contributed by atoms with E-state index in [1.54, 1.807) is 0 Å². The Kier molecular flexibility index (Phi) is 1.15. The third-order valence-corrected chi connectivity index (χ3v) is 0.801. The van der Waals surface area contributed by atoms with Gasteiger partial charge in [-0.1, -0.05) is 4.48 Å². The minimum Gasteiger partial charge on any atom is -0.332 e. The highest BCUT2D eigenvalue weighted by Gasteiger charge is 2.09. The van der Waals surface area contributed by atoms with Crippen LogP contribution < -0.4 is 5.32 Å². The van der Waals surface area contributed by atoms with E-state index in [0.29, 0.717) is 6.54 Å². The van der Waals surface area contributed by atoms with E-state index < -0.39 is 6.03 Å². The Balaban J connectivity index is 2.60. The second-order valence-electron chi connectivity index (χ2n) is 1.38. The molecule has 0 atom stereocenters. The monoisotopic (exact) mass is 116 g/mol. The molecule has 0 saturated carbocycles. The smallest absolute Gasteiger partial charge is 0.332 e. The van der Waals surface area contributed by atoms with Crippen LogP contribution in [0.2, 0.25) is 0 Å². The molecule has 0 fully saturated rings. The van der Waals surface area contributed by atoms with Crippen molar-refractivity contribution < 1.29 is 9.28 Å². The molecule has 0 bridgehead atoms. The summed E-state index contributed by atoms with van der Waals surface area (Å²) in [7, 11) is 0. The van der Waals surface area contributed by atoms with Crippen LogP contribution in [0.4, 0.5) is 9.28 Å². The third kappa shape index (κ3) is 0.776. The molecule has 0 aromatic rings. The van der Waals surface area contributed by atoms with Crippen LogP contribution in [0, 0.1) is 0 Å². The van der Waals surface area contributed by atoms with Gasteiger partial charge in [0.15, 0.2) is 0 Å². The molecule has 3 nitrogen and oxygen atoms in total. The molecule has 0 aliphatic carbocycles. The van der Waals surface area contributed by atoms with E-state index >= 15 is 0 Å². The van der Waals surface area contributed by atoms with Crippen molar-refractivity contribution >= 4 is 6.03 Å².